The average Bonchev–Trinajstić information content (AvgIpc) is 2.55. The van der Waals surface area contributed by atoms with Crippen LogP contribution in [0.3, 0.4) is 0 Å². The molecule has 1 unspecified atom stereocenters. The number of hydrogen-bond acceptors (Lipinski definition) is 4. The molecule has 0 aliphatic carbocycles. The fraction of sp³-hybridized carbons (Fsp3) is 0.294. The van der Waals surface area contributed by atoms with Gasteiger partial charge in [0.05, 0.1) is 20.8 Å². The first-order valence-electron chi connectivity index (χ1n) is 6.90. The van der Waals surface area contributed by atoms with Crippen LogP contribution in [0.5, 0.6) is 17.2 Å². The second kappa shape index (κ2) is 7.55. The number of nitrogens with two attached hydrogens (primary N) is 1. The van der Waals surface area contributed by atoms with Crippen molar-refractivity contribution in [2.45, 2.75) is 12.5 Å². The standard InChI is InChI=1S/C17H21NO3/c1-19-14-8-9-15(17(12-14)20-2)16(18)10-11-21-13-6-4-3-5-7-13/h3-9,12,16H,10-11,18H2,1-2H3. The van der Waals surface area contributed by atoms with Crippen LogP contribution in [0.25, 0.3) is 0 Å². The van der Waals surface area contributed by atoms with Gasteiger partial charge in [-0.2, -0.15) is 0 Å². The first-order chi connectivity index (χ1) is 10.2. The van der Waals surface area contributed by atoms with E-state index < -0.39 is 0 Å². The van der Waals surface area contributed by atoms with Crippen LogP contribution in [0.2, 0.25) is 0 Å². The lowest BCUT2D eigenvalue weighted by Gasteiger charge is -2.17. The van der Waals surface area contributed by atoms with Crippen molar-refractivity contribution in [3.8, 4) is 17.2 Å². The summed E-state index contributed by atoms with van der Waals surface area (Å²) in [5, 5.41) is 0. The van der Waals surface area contributed by atoms with E-state index in [1.807, 2.05) is 48.5 Å². The summed E-state index contributed by atoms with van der Waals surface area (Å²) in [5.74, 6) is 2.34. The molecule has 0 saturated carbocycles. The van der Waals surface area contributed by atoms with E-state index in [-0.39, 0.29) is 6.04 Å². The Morgan fingerprint density at radius 1 is 0.952 bits per heavy atom. The van der Waals surface area contributed by atoms with E-state index in [2.05, 4.69) is 0 Å². The SMILES string of the molecule is COc1ccc(C(N)CCOc2ccccc2)c(OC)c1. The number of rotatable bonds is 7. The van der Waals surface area contributed by atoms with Crippen molar-refractivity contribution >= 4 is 0 Å². The molecule has 0 aliphatic heterocycles. The summed E-state index contributed by atoms with van der Waals surface area (Å²) in [7, 11) is 3.26. The number of para-hydroxylation sites is 1. The molecule has 0 amide bonds. The van der Waals surface area contributed by atoms with Gasteiger partial charge >= 0.3 is 0 Å². The quantitative estimate of drug-likeness (QED) is 0.850. The Morgan fingerprint density at radius 2 is 1.71 bits per heavy atom. The highest BCUT2D eigenvalue weighted by Gasteiger charge is 2.13. The first kappa shape index (κ1) is 15.2. The zero-order valence-electron chi connectivity index (χ0n) is 12.4. The topological polar surface area (TPSA) is 53.7 Å². The molecule has 0 saturated heterocycles. The van der Waals surface area contributed by atoms with E-state index in [4.69, 9.17) is 19.9 Å². The molecule has 0 bridgehead atoms. The molecule has 0 radical (unpaired) electrons. The monoisotopic (exact) mass is 287 g/mol. The van der Waals surface area contributed by atoms with Gasteiger partial charge < -0.3 is 19.9 Å². The molecule has 4 nitrogen and oxygen atoms in total. The maximum absolute atomic E-state index is 6.23. The van der Waals surface area contributed by atoms with Crippen molar-refractivity contribution in [1.82, 2.24) is 0 Å². The van der Waals surface area contributed by atoms with Gasteiger partial charge in [0.25, 0.3) is 0 Å². The molecule has 0 aromatic heterocycles. The third-order valence-corrected chi connectivity index (χ3v) is 3.28. The summed E-state index contributed by atoms with van der Waals surface area (Å²) >= 11 is 0. The minimum absolute atomic E-state index is 0.144. The molecule has 112 valence electrons. The van der Waals surface area contributed by atoms with Crippen LogP contribution < -0.4 is 19.9 Å². The van der Waals surface area contributed by atoms with Crippen molar-refractivity contribution in [3.05, 3.63) is 54.1 Å². The van der Waals surface area contributed by atoms with Crippen LogP contribution in [0, 0.1) is 0 Å². The molecule has 21 heavy (non-hydrogen) atoms. The van der Waals surface area contributed by atoms with Crippen molar-refractivity contribution in [1.29, 1.82) is 0 Å². The van der Waals surface area contributed by atoms with Crippen molar-refractivity contribution in [2.75, 3.05) is 20.8 Å². The smallest absolute Gasteiger partial charge is 0.127 e. The lowest BCUT2D eigenvalue weighted by atomic mass is 10.0. The Kier molecular flexibility index (Phi) is 5.46. The second-order valence-corrected chi connectivity index (χ2v) is 4.66. The third-order valence-electron chi connectivity index (χ3n) is 3.28. The molecule has 4 heteroatoms. The van der Waals surface area contributed by atoms with E-state index >= 15 is 0 Å². The molecule has 2 aromatic carbocycles. The van der Waals surface area contributed by atoms with Gasteiger partial charge in [-0.3, -0.25) is 0 Å². The Balaban J connectivity index is 1.95. The molecule has 1 atom stereocenters. The van der Waals surface area contributed by atoms with Crippen molar-refractivity contribution in [2.24, 2.45) is 5.73 Å². The number of benzene rings is 2. The molecule has 0 heterocycles. The number of ether oxygens (including phenoxy) is 3. The fourth-order valence-corrected chi connectivity index (χ4v) is 2.10. The summed E-state index contributed by atoms with van der Waals surface area (Å²) in [5.41, 5.74) is 7.18. The van der Waals surface area contributed by atoms with Crippen LogP contribution in [0.15, 0.2) is 48.5 Å². The molecular weight excluding hydrogens is 266 g/mol. The second-order valence-electron chi connectivity index (χ2n) is 4.66. The van der Waals surface area contributed by atoms with Gasteiger partial charge in [0.1, 0.15) is 17.2 Å². The molecular formula is C17H21NO3. The molecule has 2 N–H and O–H groups in total. The minimum Gasteiger partial charge on any atom is -0.497 e. The highest BCUT2D eigenvalue weighted by Crippen LogP contribution is 2.29. The highest BCUT2D eigenvalue weighted by atomic mass is 16.5. The summed E-state index contributed by atoms with van der Waals surface area (Å²) in [6, 6.07) is 15.2. The van der Waals surface area contributed by atoms with E-state index in [1.54, 1.807) is 14.2 Å². The molecule has 0 aliphatic rings. The zero-order chi connectivity index (χ0) is 15.1. The van der Waals surface area contributed by atoms with Crippen molar-refractivity contribution in [3.63, 3.8) is 0 Å². The average molecular weight is 287 g/mol. The molecule has 2 aromatic rings. The maximum atomic E-state index is 6.23. The Hall–Kier alpha value is -2.20. The summed E-state index contributed by atoms with van der Waals surface area (Å²) < 4.78 is 16.2. The lowest BCUT2D eigenvalue weighted by Crippen LogP contribution is -2.15. The van der Waals surface area contributed by atoms with Gasteiger partial charge in [-0.05, 0) is 18.2 Å². The maximum Gasteiger partial charge on any atom is 0.127 e. The van der Waals surface area contributed by atoms with E-state index in [1.165, 1.54) is 0 Å². The van der Waals surface area contributed by atoms with Crippen LogP contribution >= 0.6 is 0 Å². The van der Waals surface area contributed by atoms with Crippen LogP contribution in [-0.4, -0.2) is 20.8 Å². The number of hydrogen-bond donors (Lipinski definition) is 1. The zero-order valence-corrected chi connectivity index (χ0v) is 12.4. The Morgan fingerprint density at radius 3 is 2.38 bits per heavy atom. The lowest BCUT2D eigenvalue weighted by molar-refractivity contribution is 0.296. The molecule has 2 rings (SSSR count). The molecule has 0 spiro atoms. The van der Waals surface area contributed by atoms with Gasteiger partial charge in [0, 0.05) is 24.1 Å². The van der Waals surface area contributed by atoms with Crippen molar-refractivity contribution < 1.29 is 14.2 Å². The van der Waals surface area contributed by atoms with Crippen LogP contribution in [0.1, 0.15) is 18.0 Å². The van der Waals surface area contributed by atoms with Gasteiger partial charge in [-0.1, -0.05) is 24.3 Å². The fourth-order valence-electron chi connectivity index (χ4n) is 2.10. The Labute approximate surface area is 125 Å². The van der Waals surface area contributed by atoms with Gasteiger partial charge in [-0.15, -0.1) is 0 Å². The normalized spacial score (nSPS) is 11.8. The minimum atomic E-state index is -0.144. The predicted octanol–water partition coefficient (Wildman–Crippen LogP) is 3.17. The summed E-state index contributed by atoms with van der Waals surface area (Å²) in [6.45, 7) is 0.556. The summed E-state index contributed by atoms with van der Waals surface area (Å²) in [6.07, 6.45) is 0.706. The van der Waals surface area contributed by atoms with E-state index in [0.717, 1.165) is 22.8 Å². The molecule has 0 fully saturated rings. The first-order valence-corrected chi connectivity index (χ1v) is 6.90. The van der Waals surface area contributed by atoms with E-state index in [9.17, 15) is 0 Å². The van der Waals surface area contributed by atoms with Gasteiger partial charge in [0.2, 0.25) is 0 Å². The number of methoxy groups -OCH3 is 2. The van der Waals surface area contributed by atoms with Gasteiger partial charge in [-0.25, -0.2) is 0 Å². The third kappa shape index (κ3) is 4.13. The predicted molar refractivity (Wildman–Crippen MR) is 83.0 cm³/mol. The highest BCUT2D eigenvalue weighted by molar-refractivity contribution is 5.42. The van der Waals surface area contributed by atoms with Crippen LogP contribution in [0.4, 0.5) is 0 Å². The van der Waals surface area contributed by atoms with Crippen LogP contribution in [-0.2, 0) is 0 Å². The largest absolute Gasteiger partial charge is 0.497 e. The summed E-state index contributed by atoms with van der Waals surface area (Å²) in [4.78, 5) is 0. The Bertz CT molecular complexity index is 557. The van der Waals surface area contributed by atoms with E-state index in [0.29, 0.717) is 13.0 Å². The van der Waals surface area contributed by atoms with Gasteiger partial charge in [0.15, 0.2) is 0 Å².